The van der Waals surface area contributed by atoms with E-state index in [1.54, 1.807) is 42.6 Å². The second-order valence-corrected chi connectivity index (χ2v) is 7.69. The van der Waals surface area contributed by atoms with E-state index in [1.807, 2.05) is 5.38 Å². The van der Waals surface area contributed by atoms with Crippen molar-refractivity contribution in [1.82, 2.24) is 5.32 Å². The number of benzene rings is 1. The van der Waals surface area contributed by atoms with E-state index in [-0.39, 0.29) is 30.7 Å². The minimum Gasteiger partial charge on any atom is -0.456 e. The summed E-state index contributed by atoms with van der Waals surface area (Å²) in [6.07, 6.45) is 0.645. The third-order valence-electron chi connectivity index (χ3n) is 4.61. The topological polar surface area (TPSA) is 105 Å². The zero-order valence-corrected chi connectivity index (χ0v) is 17.4. The van der Waals surface area contributed by atoms with Gasteiger partial charge in [0.25, 0.3) is 11.8 Å². The van der Waals surface area contributed by atoms with Crippen molar-refractivity contribution in [3.05, 3.63) is 46.7 Å². The van der Waals surface area contributed by atoms with Crippen LogP contribution in [-0.2, 0) is 19.1 Å². The van der Waals surface area contributed by atoms with E-state index in [1.165, 1.54) is 16.2 Å². The summed E-state index contributed by atoms with van der Waals surface area (Å²) in [7, 11) is 0. The highest BCUT2D eigenvalue weighted by Gasteiger charge is 2.30. The molecule has 0 radical (unpaired) electrons. The van der Waals surface area contributed by atoms with Gasteiger partial charge in [-0.25, -0.2) is 0 Å². The first-order valence-electron chi connectivity index (χ1n) is 9.62. The van der Waals surface area contributed by atoms with Crippen molar-refractivity contribution in [3.63, 3.8) is 0 Å². The molecule has 0 saturated heterocycles. The average Bonchev–Trinajstić information content (AvgIpc) is 3.21. The smallest absolute Gasteiger partial charge is 0.306 e. The number of ether oxygens (including phenoxy) is 1. The molecule has 0 spiro atoms. The second-order valence-electron chi connectivity index (χ2n) is 6.91. The normalized spacial score (nSPS) is 15.6. The van der Waals surface area contributed by atoms with Crippen LogP contribution in [0.25, 0.3) is 0 Å². The summed E-state index contributed by atoms with van der Waals surface area (Å²) in [5, 5.41) is 9.08. The number of fused-ring (bicyclic) bond motifs is 1. The van der Waals surface area contributed by atoms with Gasteiger partial charge < -0.3 is 20.3 Å². The van der Waals surface area contributed by atoms with E-state index >= 15 is 0 Å². The quantitative estimate of drug-likeness (QED) is 0.520. The van der Waals surface area contributed by atoms with Crippen molar-refractivity contribution >= 4 is 46.4 Å². The standard InChI is InChI=1S/C21H23N3O5S/c1-14-11-18(25)23-16-5-2-3-6-17(16)24(14)19(26)12-29-20(27)7-4-9-22-21(28)15-8-10-30-13-15/h2-3,5-6,8,10,13-14H,4,7,9,11-12H2,1H3,(H,22,28)(H,23,25). The molecule has 0 saturated carbocycles. The molecule has 3 amide bonds. The van der Waals surface area contributed by atoms with Crippen LogP contribution in [0.15, 0.2) is 41.1 Å². The molecule has 2 aromatic rings. The summed E-state index contributed by atoms with van der Waals surface area (Å²) in [5.41, 5.74) is 1.72. The molecule has 0 aliphatic carbocycles. The van der Waals surface area contributed by atoms with Gasteiger partial charge in [0.2, 0.25) is 5.91 Å². The molecule has 2 N–H and O–H groups in total. The molecule has 1 aromatic heterocycles. The number of carbonyl (C=O) groups is 4. The van der Waals surface area contributed by atoms with Gasteiger partial charge in [-0.2, -0.15) is 11.3 Å². The number of nitrogens with zero attached hydrogens (tertiary/aromatic N) is 1. The lowest BCUT2D eigenvalue weighted by Crippen LogP contribution is -2.41. The summed E-state index contributed by atoms with van der Waals surface area (Å²) in [6, 6.07) is 8.38. The zero-order chi connectivity index (χ0) is 21.5. The largest absolute Gasteiger partial charge is 0.456 e. The van der Waals surface area contributed by atoms with Crippen LogP contribution in [0.2, 0.25) is 0 Å². The van der Waals surface area contributed by atoms with Gasteiger partial charge in [-0.1, -0.05) is 12.1 Å². The molecular weight excluding hydrogens is 406 g/mol. The van der Waals surface area contributed by atoms with Crippen LogP contribution in [-0.4, -0.2) is 42.9 Å². The fourth-order valence-corrected chi connectivity index (χ4v) is 3.82. The van der Waals surface area contributed by atoms with Gasteiger partial charge in [0, 0.05) is 36.4 Å². The molecule has 1 aliphatic rings. The summed E-state index contributed by atoms with van der Waals surface area (Å²) in [4.78, 5) is 50.0. The maximum atomic E-state index is 12.7. The van der Waals surface area contributed by atoms with Gasteiger partial charge in [-0.05, 0) is 36.9 Å². The van der Waals surface area contributed by atoms with Crippen molar-refractivity contribution in [1.29, 1.82) is 0 Å². The highest BCUT2D eigenvalue weighted by Crippen LogP contribution is 2.31. The van der Waals surface area contributed by atoms with Crippen LogP contribution in [0.1, 0.15) is 36.5 Å². The zero-order valence-electron chi connectivity index (χ0n) is 16.6. The minimum atomic E-state index is -0.516. The number of amides is 3. The Balaban J connectivity index is 1.47. The SMILES string of the molecule is CC1CC(=O)Nc2ccccc2N1C(=O)COC(=O)CCCNC(=O)c1ccsc1. The molecular formula is C21H23N3O5S. The Kier molecular flexibility index (Phi) is 7.18. The Bertz CT molecular complexity index is 928. The molecule has 0 fully saturated rings. The predicted octanol–water partition coefficient (Wildman–Crippen LogP) is 2.57. The van der Waals surface area contributed by atoms with Crippen molar-refractivity contribution in [2.24, 2.45) is 0 Å². The summed E-state index contributed by atoms with van der Waals surface area (Å²) in [6.45, 7) is 1.70. The van der Waals surface area contributed by atoms with Crippen LogP contribution in [0.5, 0.6) is 0 Å². The Labute approximate surface area is 178 Å². The summed E-state index contributed by atoms with van der Waals surface area (Å²) < 4.78 is 5.12. The van der Waals surface area contributed by atoms with E-state index in [9.17, 15) is 19.2 Å². The van der Waals surface area contributed by atoms with E-state index in [4.69, 9.17) is 4.74 Å². The molecule has 30 heavy (non-hydrogen) atoms. The molecule has 1 aromatic carbocycles. The Morgan fingerprint density at radius 3 is 2.83 bits per heavy atom. The molecule has 0 bridgehead atoms. The first-order chi connectivity index (χ1) is 14.5. The van der Waals surface area contributed by atoms with Crippen LogP contribution < -0.4 is 15.5 Å². The lowest BCUT2D eigenvalue weighted by Gasteiger charge is -2.27. The van der Waals surface area contributed by atoms with Crippen molar-refractivity contribution in [3.8, 4) is 0 Å². The van der Waals surface area contributed by atoms with Crippen LogP contribution in [0, 0.1) is 0 Å². The Morgan fingerprint density at radius 2 is 2.07 bits per heavy atom. The summed E-state index contributed by atoms with van der Waals surface area (Å²) in [5.74, 6) is -1.27. The van der Waals surface area contributed by atoms with Gasteiger partial charge in [0.1, 0.15) is 0 Å². The number of carbonyl (C=O) groups excluding carboxylic acids is 4. The molecule has 2 heterocycles. The van der Waals surface area contributed by atoms with Gasteiger partial charge in [-0.3, -0.25) is 19.2 Å². The first-order valence-corrected chi connectivity index (χ1v) is 10.6. The third-order valence-corrected chi connectivity index (χ3v) is 5.29. The number of anilines is 2. The molecule has 1 atom stereocenters. The number of esters is 1. The number of para-hydroxylation sites is 2. The van der Waals surface area contributed by atoms with Crippen LogP contribution >= 0.6 is 11.3 Å². The number of hydrogen-bond donors (Lipinski definition) is 2. The van der Waals surface area contributed by atoms with Crippen molar-refractivity contribution < 1.29 is 23.9 Å². The van der Waals surface area contributed by atoms with Gasteiger partial charge in [0.05, 0.1) is 11.4 Å². The molecule has 1 unspecified atom stereocenters. The van der Waals surface area contributed by atoms with Gasteiger partial charge in [0.15, 0.2) is 6.61 Å². The van der Waals surface area contributed by atoms with Crippen LogP contribution in [0.4, 0.5) is 11.4 Å². The number of thiophene rings is 1. The number of rotatable bonds is 7. The molecule has 9 heteroatoms. The maximum absolute atomic E-state index is 12.7. The number of hydrogen-bond acceptors (Lipinski definition) is 6. The van der Waals surface area contributed by atoms with Crippen LogP contribution in [0.3, 0.4) is 0 Å². The molecule has 1 aliphatic heterocycles. The highest BCUT2D eigenvalue weighted by atomic mass is 32.1. The minimum absolute atomic E-state index is 0.0867. The van der Waals surface area contributed by atoms with E-state index in [0.29, 0.717) is 29.9 Å². The third kappa shape index (κ3) is 5.44. The van der Waals surface area contributed by atoms with E-state index in [0.717, 1.165) is 0 Å². The fourth-order valence-electron chi connectivity index (χ4n) is 3.18. The first kappa shape index (κ1) is 21.5. The van der Waals surface area contributed by atoms with Gasteiger partial charge >= 0.3 is 5.97 Å². The fraction of sp³-hybridized carbons (Fsp3) is 0.333. The number of nitrogens with one attached hydrogen (secondary N) is 2. The predicted molar refractivity (Wildman–Crippen MR) is 113 cm³/mol. The average molecular weight is 429 g/mol. The monoisotopic (exact) mass is 429 g/mol. The van der Waals surface area contributed by atoms with E-state index in [2.05, 4.69) is 10.6 Å². The molecule has 8 nitrogen and oxygen atoms in total. The lowest BCUT2D eigenvalue weighted by molar-refractivity contribution is -0.148. The Morgan fingerprint density at radius 1 is 1.27 bits per heavy atom. The lowest BCUT2D eigenvalue weighted by atomic mass is 10.1. The van der Waals surface area contributed by atoms with Crippen molar-refractivity contribution in [2.45, 2.75) is 32.2 Å². The molecule has 158 valence electrons. The van der Waals surface area contributed by atoms with E-state index < -0.39 is 18.5 Å². The Hall–Kier alpha value is -3.20. The van der Waals surface area contributed by atoms with Crippen molar-refractivity contribution in [2.75, 3.05) is 23.4 Å². The summed E-state index contributed by atoms with van der Waals surface area (Å²) >= 11 is 1.44. The molecule has 3 rings (SSSR count). The highest BCUT2D eigenvalue weighted by molar-refractivity contribution is 7.08. The van der Waals surface area contributed by atoms with Gasteiger partial charge in [-0.15, -0.1) is 0 Å². The second kappa shape index (κ2) is 10.0. The maximum Gasteiger partial charge on any atom is 0.306 e.